The number of aryl methyl sites for hydroxylation is 1. The van der Waals surface area contributed by atoms with Crippen LogP contribution in [0.5, 0.6) is 0 Å². The topological polar surface area (TPSA) is 98.0 Å². The van der Waals surface area contributed by atoms with Gasteiger partial charge >= 0.3 is 0 Å². The van der Waals surface area contributed by atoms with Crippen LogP contribution in [0.1, 0.15) is 5.56 Å². The fourth-order valence-corrected chi connectivity index (χ4v) is 4.22. The molecule has 1 aromatic heterocycles. The van der Waals surface area contributed by atoms with Gasteiger partial charge in [0.1, 0.15) is 0 Å². The molecule has 1 aromatic carbocycles. The lowest BCUT2D eigenvalue weighted by Gasteiger charge is -2.07. The Morgan fingerprint density at radius 2 is 1.91 bits per heavy atom. The zero-order chi connectivity index (χ0) is 16.8. The van der Waals surface area contributed by atoms with Crippen molar-refractivity contribution >= 4 is 64.0 Å². The van der Waals surface area contributed by atoms with Crippen molar-refractivity contribution in [3.63, 3.8) is 0 Å². The van der Waals surface area contributed by atoms with Crippen LogP contribution in [-0.4, -0.2) is 33.5 Å². The molecule has 0 spiro atoms. The monoisotopic (exact) mass is 388 g/mol. The third-order valence-corrected chi connectivity index (χ3v) is 5.97. The summed E-state index contributed by atoms with van der Waals surface area (Å²) in [5.74, 6) is -0.188. The first-order chi connectivity index (χ1) is 10.9. The van der Waals surface area contributed by atoms with Gasteiger partial charge in [-0.25, -0.2) is 0 Å². The van der Waals surface area contributed by atoms with Gasteiger partial charge in [-0.2, -0.15) is 0 Å². The molecule has 2 aromatic rings. The Bertz CT molecular complexity index is 723. The van der Waals surface area contributed by atoms with Crippen LogP contribution in [0.15, 0.2) is 26.9 Å². The summed E-state index contributed by atoms with van der Waals surface area (Å²) >= 11 is 9.76. The highest BCUT2D eigenvalue weighted by atomic mass is 35.5. The Kier molecular flexibility index (Phi) is 6.70. The summed E-state index contributed by atoms with van der Waals surface area (Å²) in [5.41, 5.74) is 6.70. The molecule has 0 aliphatic heterocycles. The van der Waals surface area contributed by atoms with Crippen molar-refractivity contribution in [2.45, 2.75) is 15.6 Å². The third-order valence-electron chi connectivity index (χ3n) is 2.53. The van der Waals surface area contributed by atoms with Crippen molar-refractivity contribution in [3.05, 3.63) is 28.8 Å². The van der Waals surface area contributed by atoms with Gasteiger partial charge in [0.15, 0.2) is 8.68 Å². The number of nitrogens with zero attached hydrogens (tertiary/aromatic N) is 2. The van der Waals surface area contributed by atoms with Crippen LogP contribution in [0.3, 0.4) is 0 Å². The lowest BCUT2D eigenvalue weighted by Crippen LogP contribution is -2.14. The van der Waals surface area contributed by atoms with Crippen molar-refractivity contribution < 1.29 is 9.59 Å². The minimum Gasteiger partial charge on any atom is -0.369 e. The maximum Gasteiger partial charge on any atom is 0.234 e. The van der Waals surface area contributed by atoms with Crippen molar-refractivity contribution in [2.24, 2.45) is 5.73 Å². The highest BCUT2D eigenvalue weighted by Crippen LogP contribution is 2.28. The number of primary amides is 1. The highest BCUT2D eigenvalue weighted by molar-refractivity contribution is 8.03. The lowest BCUT2D eigenvalue weighted by molar-refractivity contribution is -0.115. The van der Waals surface area contributed by atoms with Crippen molar-refractivity contribution in [2.75, 3.05) is 16.8 Å². The second-order valence-electron chi connectivity index (χ2n) is 4.38. The molecule has 6 nitrogen and oxygen atoms in total. The molecule has 10 heteroatoms. The predicted octanol–water partition coefficient (Wildman–Crippen LogP) is 2.81. The Morgan fingerprint density at radius 3 is 2.57 bits per heavy atom. The maximum atomic E-state index is 12.0. The van der Waals surface area contributed by atoms with E-state index in [1.54, 1.807) is 12.1 Å². The molecule has 122 valence electrons. The smallest absolute Gasteiger partial charge is 0.234 e. The van der Waals surface area contributed by atoms with Gasteiger partial charge in [-0.3, -0.25) is 9.59 Å². The van der Waals surface area contributed by atoms with Crippen LogP contribution in [-0.2, 0) is 9.59 Å². The minimum absolute atomic E-state index is 0.151. The summed E-state index contributed by atoms with van der Waals surface area (Å²) < 4.78 is 1.31. The molecule has 1 heterocycles. The summed E-state index contributed by atoms with van der Waals surface area (Å²) in [6.45, 7) is 1.89. The SMILES string of the molecule is Cc1ccc(Cl)cc1NC(=O)CSc1nnc(SCC(N)=O)s1. The zero-order valence-corrected chi connectivity index (χ0v) is 15.2. The molecular formula is C13H13ClN4O2S3. The molecule has 0 unspecified atom stereocenters. The number of anilines is 1. The van der Waals surface area contributed by atoms with Gasteiger partial charge in [0, 0.05) is 10.7 Å². The van der Waals surface area contributed by atoms with E-state index < -0.39 is 5.91 Å². The van der Waals surface area contributed by atoms with Gasteiger partial charge in [-0.05, 0) is 24.6 Å². The number of nitrogens with one attached hydrogen (secondary N) is 1. The lowest BCUT2D eigenvalue weighted by atomic mass is 10.2. The van der Waals surface area contributed by atoms with Crippen molar-refractivity contribution in [3.8, 4) is 0 Å². The number of amides is 2. The zero-order valence-electron chi connectivity index (χ0n) is 12.0. The molecule has 3 N–H and O–H groups in total. The summed E-state index contributed by atoms with van der Waals surface area (Å²) in [7, 11) is 0. The molecule has 0 radical (unpaired) electrons. The van der Waals surface area contributed by atoms with Crippen molar-refractivity contribution in [1.29, 1.82) is 0 Å². The molecule has 0 bridgehead atoms. The number of aromatic nitrogens is 2. The molecule has 0 aliphatic rings. The van der Waals surface area contributed by atoms with Gasteiger partial charge in [0.2, 0.25) is 11.8 Å². The molecule has 23 heavy (non-hydrogen) atoms. The first kappa shape index (κ1) is 18.1. The van der Waals surface area contributed by atoms with Gasteiger partial charge in [-0.15, -0.1) is 10.2 Å². The number of hydrogen-bond donors (Lipinski definition) is 2. The number of thioether (sulfide) groups is 2. The van der Waals surface area contributed by atoms with Crippen LogP contribution < -0.4 is 11.1 Å². The number of carbonyl (C=O) groups excluding carboxylic acids is 2. The first-order valence-corrected chi connectivity index (χ1v) is 9.54. The number of nitrogens with two attached hydrogens (primary N) is 1. The molecule has 0 saturated carbocycles. The van der Waals surface area contributed by atoms with E-state index in [0.29, 0.717) is 19.4 Å². The van der Waals surface area contributed by atoms with Crippen LogP contribution >= 0.6 is 46.5 Å². The highest BCUT2D eigenvalue weighted by Gasteiger charge is 2.10. The van der Waals surface area contributed by atoms with Gasteiger partial charge in [0.05, 0.1) is 11.5 Å². The van der Waals surface area contributed by atoms with Gasteiger partial charge < -0.3 is 11.1 Å². The first-order valence-electron chi connectivity index (χ1n) is 6.37. The molecule has 2 amide bonds. The van der Waals surface area contributed by atoms with E-state index in [0.717, 1.165) is 5.56 Å². The number of benzene rings is 1. The minimum atomic E-state index is -0.407. The second-order valence-corrected chi connectivity index (χ2v) is 8.24. The number of halogens is 1. The molecule has 0 saturated heterocycles. The van der Waals surface area contributed by atoms with E-state index >= 15 is 0 Å². The Hall–Kier alpha value is -1.29. The number of rotatable bonds is 7. The average Bonchev–Trinajstić information content (AvgIpc) is 2.95. The summed E-state index contributed by atoms with van der Waals surface area (Å²) in [4.78, 5) is 22.7. The molecule has 0 atom stereocenters. The molecule has 2 rings (SSSR count). The normalized spacial score (nSPS) is 10.5. The number of carbonyl (C=O) groups is 2. The molecule has 0 fully saturated rings. The Labute approximate surface area is 150 Å². The Morgan fingerprint density at radius 1 is 1.26 bits per heavy atom. The van der Waals surface area contributed by atoms with Crippen molar-refractivity contribution in [1.82, 2.24) is 10.2 Å². The van der Waals surface area contributed by atoms with E-state index in [1.165, 1.54) is 34.9 Å². The van der Waals surface area contributed by atoms with E-state index in [9.17, 15) is 9.59 Å². The van der Waals surface area contributed by atoms with Crippen LogP contribution in [0.2, 0.25) is 5.02 Å². The summed E-state index contributed by atoms with van der Waals surface area (Å²) in [6.07, 6.45) is 0. The quantitative estimate of drug-likeness (QED) is 0.707. The van der Waals surface area contributed by atoms with E-state index in [2.05, 4.69) is 15.5 Å². The van der Waals surface area contributed by atoms with E-state index in [1.807, 2.05) is 13.0 Å². The Balaban J connectivity index is 1.84. The summed E-state index contributed by atoms with van der Waals surface area (Å²) in [6, 6.07) is 5.33. The van der Waals surface area contributed by atoms with Crippen LogP contribution in [0.25, 0.3) is 0 Å². The molecule has 0 aliphatic carbocycles. The van der Waals surface area contributed by atoms with Gasteiger partial charge in [-0.1, -0.05) is 52.5 Å². The fourth-order valence-electron chi connectivity index (χ4n) is 1.49. The molecular weight excluding hydrogens is 376 g/mol. The second kappa shape index (κ2) is 8.53. The standard InChI is InChI=1S/C13H13ClN4O2S3/c1-7-2-3-8(14)4-9(7)16-11(20)6-22-13-18-17-12(23-13)21-5-10(15)19/h2-4H,5-6H2,1H3,(H2,15,19)(H,16,20). The average molecular weight is 389 g/mol. The van der Waals surface area contributed by atoms with Crippen LogP contribution in [0.4, 0.5) is 5.69 Å². The predicted molar refractivity (Wildman–Crippen MR) is 95.4 cm³/mol. The number of hydrogen-bond acceptors (Lipinski definition) is 7. The van der Waals surface area contributed by atoms with Crippen LogP contribution in [0, 0.1) is 6.92 Å². The summed E-state index contributed by atoms with van der Waals surface area (Å²) in [5, 5.41) is 11.3. The van der Waals surface area contributed by atoms with E-state index in [4.69, 9.17) is 17.3 Å². The maximum absolute atomic E-state index is 12.0. The van der Waals surface area contributed by atoms with E-state index in [-0.39, 0.29) is 17.4 Å². The fraction of sp³-hybridized carbons (Fsp3) is 0.231. The van der Waals surface area contributed by atoms with Gasteiger partial charge in [0.25, 0.3) is 0 Å². The third kappa shape index (κ3) is 6.02. The largest absolute Gasteiger partial charge is 0.369 e.